The number of carbonyl (C=O) groups excluding carboxylic acids is 1. The van der Waals surface area contributed by atoms with Gasteiger partial charge in [0.2, 0.25) is 0 Å². The molecule has 3 aromatic rings. The van der Waals surface area contributed by atoms with Gasteiger partial charge in [0.05, 0.1) is 16.9 Å². The summed E-state index contributed by atoms with van der Waals surface area (Å²) in [4.78, 5) is 16.9. The quantitative estimate of drug-likeness (QED) is 0.510. The number of amides is 1. The normalized spacial score (nSPS) is 10.9. The molecule has 138 valence electrons. The van der Waals surface area contributed by atoms with Gasteiger partial charge in [-0.2, -0.15) is 5.10 Å². The van der Waals surface area contributed by atoms with E-state index >= 15 is 0 Å². The van der Waals surface area contributed by atoms with Crippen LogP contribution in [0, 0.1) is 20.8 Å². The number of aromatic nitrogens is 1. The summed E-state index contributed by atoms with van der Waals surface area (Å²) in [5.41, 5.74) is 6.48. The van der Waals surface area contributed by atoms with Gasteiger partial charge in [-0.1, -0.05) is 29.8 Å². The molecule has 1 heterocycles. The van der Waals surface area contributed by atoms with Crippen LogP contribution in [-0.4, -0.2) is 17.1 Å². The second kappa shape index (κ2) is 8.60. The van der Waals surface area contributed by atoms with Gasteiger partial charge in [-0.3, -0.25) is 4.79 Å². The van der Waals surface area contributed by atoms with Crippen LogP contribution in [0.25, 0.3) is 0 Å². The number of nitrogens with zero attached hydrogens (tertiary/aromatic N) is 2. The number of rotatable bonds is 6. The van der Waals surface area contributed by atoms with Gasteiger partial charge in [-0.25, -0.2) is 10.4 Å². The van der Waals surface area contributed by atoms with Gasteiger partial charge >= 0.3 is 0 Å². The highest BCUT2D eigenvalue weighted by Gasteiger charge is 2.12. The number of aryl methyl sites for hydroxylation is 3. The Morgan fingerprint density at radius 1 is 1.19 bits per heavy atom. The van der Waals surface area contributed by atoms with Crippen LogP contribution >= 0.6 is 11.3 Å². The van der Waals surface area contributed by atoms with Crippen molar-refractivity contribution in [2.45, 2.75) is 27.4 Å². The average molecular weight is 379 g/mol. The second-order valence-corrected chi connectivity index (χ2v) is 7.40. The fourth-order valence-electron chi connectivity index (χ4n) is 2.58. The molecule has 0 spiro atoms. The van der Waals surface area contributed by atoms with E-state index in [1.807, 2.05) is 50.2 Å². The second-order valence-electron chi connectivity index (χ2n) is 6.19. The van der Waals surface area contributed by atoms with E-state index in [2.05, 4.69) is 34.6 Å². The molecule has 0 aliphatic carbocycles. The Morgan fingerprint density at radius 3 is 2.63 bits per heavy atom. The summed E-state index contributed by atoms with van der Waals surface area (Å²) in [7, 11) is 0. The number of nitrogens with one attached hydrogen (secondary N) is 1. The Balaban J connectivity index is 1.53. The Kier molecular flexibility index (Phi) is 5.98. The summed E-state index contributed by atoms with van der Waals surface area (Å²) in [6.07, 6.45) is 1.60. The van der Waals surface area contributed by atoms with Gasteiger partial charge in [-0.05, 0) is 56.2 Å². The lowest BCUT2D eigenvalue weighted by Gasteiger charge is -2.07. The third-order valence-electron chi connectivity index (χ3n) is 3.86. The fourth-order valence-corrected chi connectivity index (χ4v) is 3.39. The number of hydrogen-bond donors (Lipinski definition) is 1. The fraction of sp³-hybridized carbons (Fsp3) is 0.190. The largest absolute Gasteiger partial charge is 0.489 e. The molecule has 0 radical (unpaired) electrons. The van der Waals surface area contributed by atoms with E-state index < -0.39 is 0 Å². The lowest BCUT2D eigenvalue weighted by atomic mass is 10.1. The third kappa shape index (κ3) is 5.24. The maximum Gasteiger partial charge on any atom is 0.283 e. The van der Waals surface area contributed by atoms with Crippen molar-refractivity contribution >= 4 is 23.5 Å². The van der Waals surface area contributed by atoms with Crippen molar-refractivity contribution in [1.29, 1.82) is 0 Å². The molecule has 0 bridgehead atoms. The van der Waals surface area contributed by atoms with E-state index in [0.717, 1.165) is 27.6 Å². The highest BCUT2D eigenvalue weighted by molar-refractivity contribution is 7.13. The predicted molar refractivity (Wildman–Crippen MR) is 109 cm³/mol. The van der Waals surface area contributed by atoms with Crippen LogP contribution in [0.15, 0.2) is 53.6 Å². The van der Waals surface area contributed by atoms with E-state index in [4.69, 9.17) is 4.74 Å². The SMILES string of the molecule is Cc1cccc(COc2ccc(/C=N/NC(=O)c3sc(C)nc3C)cc2)c1. The van der Waals surface area contributed by atoms with Crippen LogP contribution in [-0.2, 0) is 6.61 Å². The van der Waals surface area contributed by atoms with Crippen LogP contribution in [0.5, 0.6) is 5.75 Å². The van der Waals surface area contributed by atoms with Gasteiger partial charge < -0.3 is 4.74 Å². The van der Waals surface area contributed by atoms with Crippen LogP contribution in [0.3, 0.4) is 0 Å². The van der Waals surface area contributed by atoms with E-state index in [-0.39, 0.29) is 5.91 Å². The summed E-state index contributed by atoms with van der Waals surface area (Å²) in [5, 5.41) is 4.88. The topological polar surface area (TPSA) is 63.6 Å². The number of benzene rings is 2. The zero-order chi connectivity index (χ0) is 19.2. The summed E-state index contributed by atoms with van der Waals surface area (Å²) < 4.78 is 5.80. The molecule has 0 fully saturated rings. The molecule has 5 nitrogen and oxygen atoms in total. The van der Waals surface area contributed by atoms with Gasteiger partial charge in [0.15, 0.2) is 0 Å². The van der Waals surface area contributed by atoms with Gasteiger partial charge in [0.1, 0.15) is 17.2 Å². The van der Waals surface area contributed by atoms with E-state index in [9.17, 15) is 4.79 Å². The van der Waals surface area contributed by atoms with E-state index in [1.165, 1.54) is 16.9 Å². The molecule has 2 aromatic carbocycles. The molecule has 0 aliphatic heterocycles. The Bertz CT molecular complexity index is 962. The van der Waals surface area contributed by atoms with Crippen molar-refractivity contribution in [3.05, 3.63) is 80.8 Å². The van der Waals surface area contributed by atoms with Gasteiger partial charge in [0, 0.05) is 0 Å². The molecule has 1 aromatic heterocycles. The number of hydrogen-bond acceptors (Lipinski definition) is 5. The lowest BCUT2D eigenvalue weighted by Crippen LogP contribution is -2.17. The molecule has 1 N–H and O–H groups in total. The summed E-state index contributed by atoms with van der Waals surface area (Å²) in [6, 6.07) is 15.8. The smallest absolute Gasteiger partial charge is 0.283 e. The van der Waals surface area contributed by atoms with Gasteiger partial charge in [0.25, 0.3) is 5.91 Å². The molecule has 0 saturated carbocycles. The number of carbonyl (C=O) groups is 1. The minimum absolute atomic E-state index is 0.243. The van der Waals surface area contributed by atoms with Crippen molar-refractivity contribution < 1.29 is 9.53 Å². The summed E-state index contributed by atoms with van der Waals surface area (Å²) >= 11 is 1.36. The minimum Gasteiger partial charge on any atom is -0.489 e. The van der Waals surface area contributed by atoms with Gasteiger partial charge in [-0.15, -0.1) is 11.3 Å². The van der Waals surface area contributed by atoms with E-state index in [0.29, 0.717) is 11.5 Å². The molecule has 3 rings (SSSR count). The standard InChI is InChI=1S/C21H21N3O2S/c1-14-5-4-6-18(11-14)13-26-19-9-7-17(8-10-19)12-22-24-21(25)20-15(2)23-16(3)27-20/h4-12H,13H2,1-3H3,(H,24,25)/b22-12+. The van der Waals surface area contributed by atoms with Crippen molar-refractivity contribution in [3.8, 4) is 5.75 Å². The first kappa shape index (κ1) is 18.8. The van der Waals surface area contributed by atoms with Crippen molar-refractivity contribution in [3.63, 3.8) is 0 Å². The maximum atomic E-state index is 12.1. The van der Waals surface area contributed by atoms with Crippen molar-refractivity contribution in [2.75, 3.05) is 0 Å². The molecule has 0 aliphatic rings. The maximum absolute atomic E-state index is 12.1. The molecule has 6 heteroatoms. The lowest BCUT2D eigenvalue weighted by molar-refractivity contribution is 0.0958. The molecule has 0 atom stereocenters. The summed E-state index contributed by atoms with van der Waals surface area (Å²) in [5.74, 6) is 0.543. The molecular formula is C21H21N3O2S. The molecule has 27 heavy (non-hydrogen) atoms. The highest BCUT2D eigenvalue weighted by Crippen LogP contribution is 2.17. The third-order valence-corrected chi connectivity index (χ3v) is 4.93. The predicted octanol–water partition coefficient (Wildman–Crippen LogP) is 4.41. The first-order valence-electron chi connectivity index (χ1n) is 8.57. The zero-order valence-corrected chi connectivity index (χ0v) is 16.3. The highest BCUT2D eigenvalue weighted by atomic mass is 32.1. The zero-order valence-electron chi connectivity index (χ0n) is 15.5. The minimum atomic E-state index is -0.243. The van der Waals surface area contributed by atoms with Crippen molar-refractivity contribution in [2.24, 2.45) is 5.10 Å². The first-order chi connectivity index (χ1) is 13.0. The Labute approximate surface area is 162 Å². The number of ether oxygens (including phenoxy) is 1. The monoisotopic (exact) mass is 379 g/mol. The van der Waals surface area contributed by atoms with Crippen LogP contribution in [0.2, 0.25) is 0 Å². The number of hydrazone groups is 1. The molecular weight excluding hydrogens is 358 g/mol. The molecule has 0 saturated heterocycles. The summed E-state index contributed by atoms with van der Waals surface area (Å²) in [6.45, 7) is 6.28. The van der Waals surface area contributed by atoms with E-state index in [1.54, 1.807) is 6.21 Å². The van der Waals surface area contributed by atoms with Crippen LogP contribution < -0.4 is 10.2 Å². The Hall–Kier alpha value is -2.99. The first-order valence-corrected chi connectivity index (χ1v) is 9.39. The van der Waals surface area contributed by atoms with Crippen LogP contribution in [0.1, 0.15) is 37.1 Å². The molecule has 0 unspecified atom stereocenters. The molecule has 1 amide bonds. The Morgan fingerprint density at radius 2 is 1.96 bits per heavy atom. The number of thiazole rings is 1. The van der Waals surface area contributed by atoms with Crippen molar-refractivity contribution in [1.82, 2.24) is 10.4 Å². The average Bonchev–Trinajstić information content (AvgIpc) is 2.99. The van der Waals surface area contributed by atoms with Crippen LogP contribution in [0.4, 0.5) is 0 Å².